The highest BCUT2D eigenvalue weighted by Gasteiger charge is 2.32. The third-order valence-corrected chi connectivity index (χ3v) is 6.07. The highest BCUT2D eigenvalue weighted by molar-refractivity contribution is 7.18. The maximum Gasteiger partial charge on any atom is 0.309 e. The molecule has 0 amide bonds. The number of hydrogen-bond acceptors (Lipinski definition) is 5. The number of ether oxygens (including phenoxy) is 1. The van der Waals surface area contributed by atoms with Crippen molar-refractivity contribution in [3.05, 3.63) is 60.0 Å². The number of hydrogen-bond donors (Lipinski definition) is 1. The van der Waals surface area contributed by atoms with Crippen LogP contribution in [0.25, 0.3) is 21.0 Å². The van der Waals surface area contributed by atoms with Gasteiger partial charge in [-0.1, -0.05) is 6.07 Å². The van der Waals surface area contributed by atoms with Crippen LogP contribution in [0.15, 0.2) is 48.7 Å². The summed E-state index contributed by atoms with van der Waals surface area (Å²) < 4.78 is 20.4. The fourth-order valence-corrected chi connectivity index (χ4v) is 4.39. The second-order valence-electron chi connectivity index (χ2n) is 7.76. The van der Waals surface area contributed by atoms with E-state index in [1.54, 1.807) is 12.3 Å². The van der Waals surface area contributed by atoms with Crippen LogP contribution < -0.4 is 4.74 Å². The van der Waals surface area contributed by atoms with Gasteiger partial charge in [-0.3, -0.25) is 9.69 Å². The first-order valence-corrected chi connectivity index (χ1v) is 10.7. The topological polar surface area (TPSA) is 62.7 Å². The van der Waals surface area contributed by atoms with Crippen molar-refractivity contribution in [3.8, 4) is 26.8 Å². The first-order chi connectivity index (χ1) is 14.4. The highest BCUT2D eigenvalue weighted by atomic mass is 32.1. The minimum Gasteiger partial charge on any atom is -0.491 e. The van der Waals surface area contributed by atoms with Crippen LogP contribution >= 0.6 is 11.3 Å². The molecule has 0 bridgehead atoms. The van der Waals surface area contributed by atoms with Gasteiger partial charge in [0.05, 0.1) is 16.9 Å². The van der Waals surface area contributed by atoms with Crippen LogP contribution in [0.5, 0.6) is 5.75 Å². The van der Waals surface area contributed by atoms with E-state index in [9.17, 15) is 9.18 Å². The van der Waals surface area contributed by atoms with Crippen LogP contribution in [0.4, 0.5) is 4.39 Å². The number of benzene rings is 2. The van der Waals surface area contributed by atoms with Gasteiger partial charge in [-0.25, -0.2) is 9.37 Å². The summed E-state index contributed by atoms with van der Waals surface area (Å²) in [5.41, 5.74) is 2.32. The van der Waals surface area contributed by atoms with Crippen molar-refractivity contribution < 1.29 is 19.0 Å². The van der Waals surface area contributed by atoms with Gasteiger partial charge in [-0.15, -0.1) is 11.3 Å². The number of nitrogens with zero attached hydrogens (tertiary/aromatic N) is 2. The molecule has 30 heavy (non-hydrogen) atoms. The van der Waals surface area contributed by atoms with Gasteiger partial charge in [0.25, 0.3) is 0 Å². The molecule has 5 nitrogen and oxygen atoms in total. The first kappa shape index (κ1) is 20.5. The number of carboxylic acids is 1. The van der Waals surface area contributed by atoms with Gasteiger partial charge in [-0.2, -0.15) is 0 Å². The van der Waals surface area contributed by atoms with Crippen molar-refractivity contribution in [1.82, 2.24) is 9.88 Å². The van der Waals surface area contributed by atoms with Crippen molar-refractivity contribution in [2.75, 3.05) is 13.1 Å². The maximum absolute atomic E-state index is 14.7. The van der Waals surface area contributed by atoms with E-state index in [2.05, 4.69) is 4.98 Å². The highest BCUT2D eigenvalue weighted by Crippen LogP contribution is 2.34. The molecule has 1 aromatic heterocycles. The van der Waals surface area contributed by atoms with Crippen LogP contribution in [0.1, 0.15) is 19.4 Å². The molecular weight excluding hydrogens is 403 g/mol. The Morgan fingerprint density at radius 1 is 1.27 bits per heavy atom. The fraction of sp³-hybridized carbons (Fsp3) is 0.304. The molecule has 1 N–H and O–H groups in total. The Labute approximate surface area is 178 Å². The zero-order chi connectivity index (χ0) is 21.3. The monoisotopic (exact) mass is 426 g/mol. The number of carboxylic acid groups (broad SMARTS) is 1. The van der Waals surface area contributed by atoms with Crippen LogP contribution in [0.3, 0.4) is 0 Å². The maximum atomic E-state index is 14.7. The Kier molecular flexibility index (Phi) is 5.83. The van der Waals surface area contributed by atoms with Gasteiger partial charge < -0.3 is 9.84 Å². The molecule has 2 heterocycles. The van der Waals surface area contributed by atoms with Gasteiger partial charge in [0.15, 0.2) is 0 Å². The van der Waals surface area contributed by atoms with Gasteiger partial charge >= 0.3 is 5.97 Å². The molecular formula is C23H23FN2O3S. The molecule has 0 radical (unpaired) electrons. The molecule has 1 fully saturated rings. The summed E-state index contributed by atoms with van der Waals surface area (Å²) in [6, 6.07) is 13.0. The van der Waals surface area contributed by atoms with E-state index < -0.39 is 5.97 Å². The van der Waals surface area contributed by atoms with Gasteiger partial charge in [0.1, 0.15) is 16.6 Å². The number of aromatic nitrogens is 1. The van der Waals surface area contributed by atoms with Crippen LogP contribution in [0, 0.1) is 11.7 Å². The van der Waals surface area contributed by atoms with Crippen LogP contribution in [-0.4, -0.2) is 40.2 Å². The van der Waals surface area contributed by atoms with E-state index in [1.165, 1.54) is 17.4 Å². The summed E-state index contributed by atoms with van der Waals surface area (Å²) in [6.45, 7) is 5.54. The Hall–Kier alpha value is -2.77. The number of halogens is 1. The van der Waals surface area contributed by atoms with Crippen LogP contribution in [-0.2, 0) is 11.3 Å². The number of rotatable bonds is 7. The van der Waals surface area contributed by atoms with Gasteiger partial charge in [-0.05, 0) is 61.4 Å². The smallest absolute Gasteiger partial charge is 0.309 e. The van der Waals surface area contributed by atoms with Gasteiger partial charge in [0.2, 0.25) is 0 Å². The first-order valence-electron chi connectivity index (χ1n) is 9.86. The van der Waals surface area contributed by atoms with Crippen molar-refractivity contribution >= 4 is 17.3 Å². The lowest BCUT2D eigenvalue weighted by atomic mass is 9.99. The molecule has 156 valence electrons. The predicted molar refractivity (Wildman–Crippen MR) is 115 cm³/mol. The summed E-state index contributed by atoms with van der Waals surface area (Å²) in [5.74, 6) is -0.579. The predicted octanol–water partition coefficient (Wildman–Crippen LogP) is 4.92. The minimum atomic E-state index is -0.769. The largest absolute Gasteiger partial charge is 0.491 e. The second kappa shape index (κ2) is 8.53. The summed E-state index contributed by atoms with van der Waals surface area (Å²) in [4.78, 5) is 18.3. The van der Waals surface area contributed by atoms with Crippen LogP contribution in [0.2, 0.25) is 0 Å². The van der Waals surface area contributed by atoms with Crippen molar-refractivity contribution in [3.63, 3.8) is 0 Å². The summed E-state index contributed by atoms with van der Waals surface area (Å²) >= 11 is 1.44. The Morgan fingerprint density at radius 3 is 2.63 bits per heavy atom. The number of carbonyl (C=O) groups is 1. The van der Waals surface area contributed by atoms with E-state index >= 15 is 0 Å². The normalized spacial score (nSPS) is 14.7. The Bertz CT molecular complexity index is 1040. The lowest BCUT2D eigenvalue weighted by molar-refractivity contribution is -0.147. The molecule has 0 spiro atoms. The van der Waals surface area contributed by atoms with Crippen molar-refractivity contribution in [2.45, 2.75) is 26.5 Å². The van der Waals surface area contributed by atoms with E-state index in [1.807, 2.05) is 49.1 Å². The third-order valence-electron chi connectivity index (χ3n) is 4.99. The molecule has 1 aliphatic rings. The molecule has 3 aromatic rings. The van der Waals surface area contributed by atoms with Crippen molar-refractivity contribution in [1.29, 1.82) is 0 Å². The summed E-state index contributed by atoms with van der Waals surface area (Å²) in [6.07, 6.45) is 1.88. The van der Waals surface area contributed by atoms with E-state index in [0.29, 0.717) is 30.2 Å². The van der Waals surface area contributed by atoms with Crippen molar-refractivity contribution in [2.24, 2.45) is 5.92 Å². The molecule has 2 aromatic carbocycles. The molecule has 4 rings (SSSR count). The Balaban J connectivity index is 1.45. The fourth-order valence-electron chi connectivity index (χ4n) is 3.45. The molecule has 0 saturated carbocycles. The quantitative estimate of drug-likeness (QED) is 0.581. The lowest BCUT2D eigenvalue weighted by Gasteiger charge is -2.36. The molecule has 0 unspecified atom stereocenters. The number of aliphatic carboxylic acids is 1. The molecule has 7 heteroatoms. The lowest BCUT2D eigenvalue weighted by Crippen LogP contribution is -2.49. The Morgan fingerprint density at radius 2 is 2.00 bits per heavy atom. The average Bonchev–Trinajstić information content (AvgIpc) is 3.14. The van der Waals surface area contributed by atoms with E-state index in [0.717, 1.165) is 21.8 Å². The minimum absolute atomic E-state index is 0.122. The van der Waals surface area contributed by atoms with Gasteiger partial charge in [0, 0.05) is 31.4 Å². The number of thiazole rings is 1. The number of likely N-dealkylation sites (tertiary alicyclic amines) is 1. The zero-order valence-electron chi connectivity index (χ0n) is 16.8. The van der Waals surface area contributed by atoms with E-state index in [-0.39, 0.29) is 17.8 Å². The molecule has 1 aliphatic heterocycles. The average molecular weight is 427 g/mol. The summed E-state index contributed by atoms with van der Waals surface area (Å²) in [7, 11) is 0. The second-order valence-corrected chi connectivity index (χ2v) is 8.79. The zero-order valence-corrected chi connectivity index (χ0v) is 17.7. The third kappa shape index (κ3) is 4.52. The molecule has 0 aliphatic carbocycles. The SMILES string of the molecule is CC(C)Oc1ccc(-c2cnc(-c3ccc(CN4CC(C(=O)O)C4)cc3F)s2)cc1. The standard InChI is InChI=1S/C23H23FN2O3S/c1-14(2)29-18-6-4-16(5-7-18)21-10-25-22(30-21)19-8-3-15(9-20(19)24)11-26-12-17(13-26)23(27)28/h3-10,14,17H,11-13H2,1-2H3,(H,27,28). The summed E-state index contributed by atoms with van der Waals surface area (Å²) in [5, 5.41) is 9.59. The van der Waals surface area contributed by atoms with E-state index in [4.69, 9.17) is 9.84 Å². The molecule has 0 atom stereocenters. The molecule has 1 saturated heterocycles.